The Morgan fingerprint density at radius 2 is 1.64 bits per heavy atom. The zero-order valence-corrected chi connectivity index (χ0v) is 18.2. The van der Waals surface area contributed by atoms with E-state index < -0.39 is 22.5 Å². The summed E-state index contributed by atoms with van der Waals surface area (Å²) in [6.45, 7) is 2.79. The van der Waals surface area contributed by atoms with Crippen molar-refractivity contribution in [1.82, 2.24) is 19.4 Å². The Hall–Kier alpha value is -3.80. The van der Waals surface area contributed by atoms with Gasteiger partial charge in [-0.15, -0.1) is 0 Å². The van der Waals surface area contributed by atoms with Gasteiger partial charge in [-0.3, -0.25) is 24.5 Å². The van der Waals surface area contributed by atoms with E-state index in [4.69, 9.17) is 4.74 Å². The molecule has 0 unspecified atom stereocenters. The number of morpholine rings is 1. The van der Waals surface area contributed by atoms with Crippen LogP contribution in [0.25, 0.3) is 0 Å². The third-order valence-corrected chi connectivity index (χ3v) is 5.85. The Bertz CT molecular complexity index is 1080. The number of aryl methyl sites for hydroxylation is 1. The second-order valence-corrected chi connectivity index (χ2v) is 7.84. The molecule has 2 fully saturated rings. The molecule has 0 spiro atoms. The van der Waals surface area contributed by atoms with Crippen LogP contribution < -0.4 is 4.90 Å². The Morgan fingerprint density at radius 3 is 2.21 bits per heavy atom. The second-order valence-electron chi connectivity index (χ2n) is 7.84. The van der Waals surface area contributed by atoms with E-state index in [1.54, 1.807) is 34.8 Å². The molecule has 2 aliphatic heterocycles. The van der Waals surface area contributed by atoms with Crippen LogP contribution in [-0.2, 0) is 21.4 Å². The molecular formula is C21H24N6O6. The predicted molar refractivity (Wildman–Crippen MR) is 116 cm³/mol. The molecule has 0 bridgehead atoms. The number of piperazine rings is 1. The summed E-state index contributed by atoms with van der Waals surface area (Å²) in [5, 5.41) is 11.8. The van der Waals surface area contributed by atoms with Crippen molar-refractivity contribution < 1.29 is 24.0 Å². The Morgan fingerprint density at radius 1 is 1.00 bits per heavy atom. The van der Waals surface area contributed by atoms with Gasteiger partial charge in [0.1, 0.15) is 5.69 Å². The van der Waals surface area contributed by atoms with Gasteiger partial charge in [0, 0.05) is 70.3 Å². The fourth-order valence-corrected chi connectivity index (χ4v) is 3.98. The molecule has 1 aromatic carbocycles. The maximum Gasteiger partial charge on any atom is 0.312 e. The van der Waals surface area contributed by atoms with Crippen molar-refractivity contribution in [2.75, 3.05) is 57.4 Å². The maximum atomic E-state index is 12.7. The van der Waals surface area contributed by atoms with Crippen molar-refractivity contribution >= 4 is 29.0 Å². The van der Waals surface area contributed by atoms with Crippen LogP contribution in [0.2, 0.25) is 0 Å². The quantitative estimate of drug-likeness (QED) is 0.273. The number of aromatic nitrogens is 2. The number of nitro benzene ring substituents is 1. The topological polar surface area (TPSA) is 131 Å². The summed E-state index contributed by atoms with van der Waals surface area (Å²) in [7, 11) is 1.67. The molecule has 0 aliphatic carbocycles. The van der Waals surface area contributed by atoms with Crippen molar-refractivity contribution in [2.24, 2.45) is 7.05 Å². The average molecular weight is 456 g/mol. The van der Waals surface area contributed by atoms with Gasteiger partial charge in [-0.1, -0.05) is 0 Å². The molecule has 33 heavy (non-hydrogen) atoms. The molecule has 0 N–H and O–H groups in total. The molecule has 12 heteroatoms. The number of imidazole rings is 1. The smallest absolute Gasteiger partial charge is 0.312 e. The van der Waals surface area contributed by atoms with Gasteiger partial charge >= 0.3 is 11.8 Å². The van der Waals surface area contributed by atoms with Crippen LogP contribution in [0.1, 0.15) is 16.2 Å². The highest BCUT2D eigenvalue weighted by Crippen LogP contribution is 2.31. The van der Waals surface area contributed by atoms with Gasteiger partial charge < -0.3 is 24.0 Å². The van der Waals surface area contributed by atoms with Crippen molar-refractivity contribution in [2.45, 2.75) is 0 Å². The number of nitro groups is 1. The van der Waals surface area contributed by atoms with Crippen LogP contribution in [0.15, 0.2) is 30.6 Å². The Kier molecular flexibility index (Phi) is 6.36. The summed E-state index contributed by atoms with van der Waals surface area (Å²) >= 11 is 0. The first kappa shape index (κ1) is 22.4. The second kappa shape index (κ2) is 9.36. The van der Waals surface area contributed by atoms with Gasteiger partial charge in [-0.05, 0) is 12.1 Å². The van der Waals surface area contributed by atoms with E-state index in [0.29, 0.717) is 45.1 Å². The molecule has 3 heterocycles. The molecule has 1 aromatic heterocycles. The number of carbonyl (C=O) groups excluding carboxylic acids is 3. The summed E-state index contributed by atoms with van der Waals surface area (Å²) in [5.74, 6) is -1.33. The third-order valence-electron chi connectivity index (χ3n) is 5.85. The Labute approximate surface area is 189 Å². The van der Waals surface area contributed by atoms with Crippen molar-refractivity contribution in [3.05, 3.63) is 52.1 Å². The van der Waals surface area contributed by atoms with Crippen LogP contribution in [0.3, 0.4) is 0 Å². The lowest BCUT2D eigenvalue weighted by atomic mass is 10.1. The normalized spacial score (nSPS) is 16.6. The number of anilines is 1. The fraction of sp³-hybridized carbons (Fsp3) is 0.429. The minimum atomic E-state index is -0.568. The molecule has 12 nitrogen and oxygen atoms in total. The highest BCUT2D eigenvalue weighted by Gasteiger charge is 2.32. The minimum Gasteiger partial charge on any atom is -0.378 e. The summed E-state index contributed by atoms with van der Waals surface area (Å²) in [5.41, 5.74) is 0.340. The first-order valence-corrected chi connectivity index (χ1v) is 10.6. The van der Waals surface area contributed by atoms with Crippen LogP contribution >= 0.6 is 0 Å². The van der Waals surface area contributed by atoms with Gasteiger partial charge in [0.05, 0.1) is 18.1 Å². The van der Waals surface area contributed by atoms with Gasteiger partial charge in [-0.2, -0.15) is 0 Å². The summed E-state index contributed by atoms with van der Waals surface area (Å²) in [6.07, 6.45) is 3.11. The highest BCUT2D eigenvalue weighted by atomic mass is 16.6. The lowest BCUT2D eigenvalue weighted by molar-refractivity contribution is -0.384. The van der Waals surface area contributed by atoms with E-state index in [1.165, 1.54) is 22.1 Å². The minimum absolute atomic E-state index is 0.171. The Balaban J connectivity index is 1.46. The largest absolute Gasteiger partial charge is 0.378 e. The molecule has 174 valence electrons. The highest BCUT2D eigenvalue weighted by molar-refractivity contribution is 6.35. The van der Waals surface area contributed by atoms with Gasteiger partial charge in [-0.25, -0.2) is 4.98 Å². The predicted octanol–water partition coefficient (Wildman–Crippen LogP) is 0.0667. The van der Waals surface area contributed by atoms with Crippen LogP contribution in [0.4, 0.5) is 11.4 Å². The van der Waals surface area contributed by atoms with E-state index in [1.807, 2.05) is 0 Å². The number of hydrogen-bond acceptors (Lipinski definition) is 8. The molecule has 0 atom stereocenters. The zero-order chi connectivity index (χ0) is 23.5. The van der Waals surface area contributed by atoms with Crippen LogP contribution in [0.5, 0.6) is 0 Å². The molecular weight excluding hydrogens is 432 g/mol. The van der Waals surface area contributed by atoms with Gasteiger partial charge in [0.25, 0.3) is 5.69 Å². The standard InChI is InChI=1S/C21H24N6O6/c1-23-5-4-22-19(23)18(28)15-2-3-16(17(14-15)27(31)32)24-6-8-25(9-7-24)20(29)21(30)26-10-12-33-13-11-26/h2-5,14H,6-13H2,1H3. The number of rotatable bonds is 4. The molecule has 0 saturated carbocycles. The van der Waals surface area contributed by atoms with E-state index in [0.717, 1.165) is 0 Å². The summed E-state index contributed by atoms with van der Waals surface area (Å²) in [4.78, 5) is 57.7. The van der Waals surface area contributed by atoms with E-state index in [2.05, 4.69) is 4.98 Å². The first-order valence-electron chi connectivity index (χ1n) is 10.6. The number of nitrogens with zero attached hydrogens (tertiary/aromatic N) is 6. The lowest BCUT2D eigenvalue weighted by Crippen LogP contribution is -2.54. The molecule has 4 rings (SSSR count). The van der Waals surface area contributed by atoms with Gasteiger partial charge in [0.2, 0.25) is 5.78 Å². The van der Waals surface area contributed by atoms with E-state index in [9.17, 15) is 24.5 Å². The summed E-state index contributed by atoms with van der Waals surface area (Å²) < 4.78 is 6.76. The molecule has 2 aliphatic rings. The summed E-state index contributed by atoms with van der Waals surface area (Å²) in [6, 6.07) is 4.34. The van der Waals surface area contributed by atoms with Crippen LogP contribution in [0, 0.1) is 10.1 Å². The van der Waals surface area contributed by atoms with Crippen molar-refractivity contribution in [3.8, 4) is 0 Å². The fourth-order valence-electron chi connectivity index (χ4n) is 3.98. The number of carbonyl (C=O) groups is 3. The van der Waals surface area contributed by atoms with E-state index in [-0.39, 0.29) is 30.2 Å². The first-order chi connectivity index (χ1) is 15.9. The number of benzene rings is 1. The van der Waals surface area contributed by atoms with Crippen molar-refractivity contribution in [3.63, 3.8) is 0 Å². The monoisotopic (exact) mass is 456 g/mol. The lowest BCUT2D eigenvalue weighted by Gasteiger charge is -2.36. The molecule has 0 radical (unpaired) electrons. The third kappa shape index (κ3) is 4.55. The average Bonchev–Trinajstić information content (AvgIpc) is 3.28. The number of ketones is 1. The number of amides is 2. The van der Waals surface area contributed by atoms with E-state index >= 15 is 0 Å². The SMILES string of the molecule is Cn1ccnc1C(=O)c1ccc(N2CCN(C(=O)C(=O)N3CCOCC3)CC2)c([N+](=O)[O-])c1. The molecule has 2 saturated heterocycles. The maximum absolute atomic E-state index is 12.7. The van der Waals surface area contributed by atoms with Gasteiger partial charge in [0.15, 0.2) is 5.82 Å². The van der Waals surface area contributed by atoms with Crippen molar-refractivity contribution in [1.29, 1.82) is 0 Å². The number of hydrogen-bond donors (Lipinski definition) is 0. The van der Waals surface area contributed by atoms with Crippen LogP contribution in [-0.4, -0.2) is 94.4 Å². The molecule has 2 aromatic rings. The number of ether oxygens (including phenoxy) is 1. The zero-order valence-electron chi connectivity index (χ0n) is 18.2. The molecule has 2 amide bonds.